The van der Waals surface area contributed by atoms with Gasteiger partial charge in [-0.25, -0.2) is 4.98 Å². The fourth-order valence-electron chi connectivity index (χ4n) is 4.44. The van der Waals surface area contributed by atoms with E-state index in [1.165, 1.54) is 56.7 Å². The Morgan fingerprint density at radius 1 is 1.19 bits per heavy atom. The van der Waals surface area contributed by atoms with Gasteiger partial charge in [0.2, 0.25) is 0 Å². The van der Waals surface area contributed by atoms with E-state index in [1.54, 1.807) is 0 Å². The van der Waals surface area contributed by atoms with Gasteiger partial charge in [0.05, 0.1) is 11.0 Å². The Labute approximate surface area is 159 Å². The van der Waals surface area contributed by atoms with Gasteiger partial charge in [0, 0.05) is 38.6 Å². The molecule has 2 heterocycles. The van der Waals surface area contributed by atoms with Crippen LogP contribution in [0.25, 0.3) is 11.0 Å². The molecular weight excluding hydrogens is 320 g/mol. The third-order valence-electron chi connectivity index (χ3n) is 5.72. The molecule has 3 rings (SSSR count). The van der Waals surface area contributed by atoms with E-state index in [1.807, 2.05) is 0 Å². The van der Waals surface area contributed by atoms with Gasteiger partial charge in [-0.05, 0) is 43.9 Å². The number of hydrogen-bond donors (Lipinski definition) is 1. The van der Waals surface area contributed by atoms with Gasteiger partial charge in [0.25, 0.3) is 0 Å². The van der Waals surface area contributed by atoms with Crippen LogP contribution in [-0.2, 0) is 6.42 Å². The van der Waals surface area contributed by atoms with E-state index in [9.17, 15) is 0 Å². The predicted molar refractivity (Wildman–Crippen MR) is 111 cm³/mol. The Morgan fingerprint density at radius 2 is 1.96 bits per heavy atom. The molecule has 0 bridgehead atoms. The van der Waals surface area contributed by atoms with Crippen LogP contribution in [0.15, 0.2) is 24.3 Å². The van der Waals surface area contributed by atoms with Gasteiger partial charge in [-0.2, -0.15) is 0 Å². The SMILES string of the molecule is CCCC(C)CN1CCC(n2c(CCNCC)nc3ccccc32)CC1. The highest BCUT2D eigenvalue weighted by molar-refractivity contribution is 5.76. The van der Waals surface area contributed by atoms with Crippen molar-refractivity contribution in [3.8, 4) is 0 Å². The lowest BCUT2D eigenvalue weighted by atomic mass is 10.0. The number of hydrogen-bond acceptors (Lipinski definition) is 3. The average molecular weight is 357 g/mol. The minimum Gasteiger partial charge on any atom is -0.325 e. The summed E-state index contributed by atoms with van der Waals surface area (Å²) in [6.07, 6.45) is 6.14. The first kappa shape index (κ1) is 19.4. The second-order valence-corrected chi connectivity index (χ2v) is 7.92. The van der Waals surface area contributed by atoms with Crippen LogP contribution >= 0.6 is 0 Å². The molecular formula is C22H36N4. The summed E-state index contributed by atoms with van der Waals surface area (Å²) in [5.41, 5.74) is 2.47. The summed E-state index contributed by atoms with van der Waals surface area (Å²) in [6.45, 7) is 12.6. The first-order chi connectivity index (χ1) is 12.7. The molecule has 144 valence electrons. The summed E-state index contributed by atoms with van der Waals surface area (Å²) in [5, 5.41) is 3.45. The van der Waals surface area contributed by atoms with Crippen LogP contribution < -0.4 is 5.32 Å². The highest BCUT2D eigenvalue weighted by Crippen LogP contribution is 2.29. The van der Waals surface area contributed by atoms with Crippen molar-refractivity contribution in [2.24, 2.45) is 5.92 Å². The van der Waals surface area contributed by atoms with Crippen LogP contribution in [0.5, 0.6) is 0 Å². The molecule has 1 N–H and O–H groups in total. The standard InChI is InChI=1S/C22H36N4/c1-4-8-18(3)17-25-15-12-19(13-16-25)26-21-10-7-6-9-20(21)24-22(26)11-14-23-5-2/h6-7,9-10,18-19,23H,4-5,8,11-17H2,1-3H3. The molecule has 1 aliphatic rings. The smallest absolute Gasteiger partial charge is 0.111 e. The van der Waals surface area contributed by atoms with Crippen molar-refractivity contribution in [2.75, 3.05) is 32.7 Å². The Balaban J connectivity index is 1.70. The van der Waals surface area contributed by atoms with E-state index in [0.29, 0.717) is 6.04 Å². The zero-order chi connectivity index (χ0) is 18.4. The summed E-state index contributed by atoms with van der Waals surface area (Å²) in [7, 11) is 0. The van der Waals surface area contributed by atoms with Crippen LogP contribution in [0.1, 0.15) is 58.3 Å². The van der Waals surface area contributed by atoms with E-state index < -0.39 is 0 Å². The van der Waals surface area contributed by atoms with Gasteiger partial charge < -0.3 is 14.8 Å². The summed E-state index contributed by atoms with van der Waals surface area (Å²) in [6, 6.07) is 9.25. The lowest BCUT2D eigenvalue weighted by Gasteiger charge is -2.35. The largest absolute Gasteiger partial charge is 0.325 e. The summed E-state index contributed by atoms with van der Waals surface area (Å²) < 4.78 is 2.56. The molecule has 1 aliphatic heterocycles. The van der Waals surface area contributed by atoms with Crippen LogP contribution in [-0.4, -0.2) is 47.2 Å². The third kappa shape index (κ3) is 4.66. The van der Waals surface area contributed by atoms with Crippen molar-refractivity contribution >= 4 is 11.0 Å². The van der Waals surface area contributed by atoms with Crippen molar-refractivity contribution in [1.29, 1.82) is 0 Å². The highest BCUT2D eigenvalue weighted by Gasteiger charge is 2.24. The first-order valence-corrected chi connectivity index (χ1v) is 10.6. The predicted octanol–water partition coefficient (Wildman–Crippen LogP) is 4.26. The van der Waals surface area contributed by atoms with E-state index >= 15 is 0 Å². The topological polar surface area (TPSA) is 33.1 Å². The van der Waals surface area contributed by atoms with E-state index in [0.717, 1.165) is 30.9 Å². The van der Waals surface area contributed by atoms with E-state index in [2.05, 4.69) is 59.8 Å². The molecule has 1 unspecified atom stereocenters. The molecule has 4 nitrogen and oxygen atoms in total. The van der Waals surface area contributed by atoms with Crippen LogP contribution in [0, 0.1) is 5.92 Å². The first-order valence-electron chi connectivity index (χ1n) is 10.6. The molecule has 1 atom stereocenters. The van der Waals surface area contributed by atoms with Crippen molar-refractivity contribution in [2.45, 2.75) is 58.9 Å². The summed E-state index contributed by atoms with van der Waals surface area (Å²) in [5.74, 6) is 2.08. The number of likely N-dealkylation sites (N-methyl/N-ethyl adjacent to an activating group) is 1. The van der Waals surface area contributed by atoms with Gasteiger partial charge >= 0.3 is 0 Å². The van der Waals surface area contributed by atoms with Crippen LogP contribution in [0.3, 0.4) is 0 Å². The van der Waals surface area contributed by atoms with Gasteiger partial charge in [0.15, 0.2) is 0 Å². The Hall–Kier alpha value is -1.39. The minimum absolute atomic E-state index is 0.594. The molecule has 1 aromatic carbocycles. The van der Waals surface area contributed by atoms with Crippen molar-refractivity contribution < 1.29 is 0 Å². The summed E-state index contributed by atoms with van der Waals surface area (Å²) >= 11 is 0. The minimum atomic E-state index is 0.594. The van der Waals surface area contributed by atoms with E-state index in [4.69, 9.17) is 4.98 Å². The maximum Gasteiger partial charge on any atom is 0.111 e. The zero-order valence-corrected chi connectivity index (χ0v) is 16.9. The van der Waals surface area contributed by atoms with Gasteiger partial charge in [-0.1, -0.05) is 39.3 Å². The average Bonchev–Trinajstić information content (AvgIpc) is 3.01. The van der Waals surface area contributed by atoms with Gasteiger partial charge in [0.1, 0.15) is 5.82 Å². The second-order valence-electron chi connectivity index (χ2n) is 7.92. The molecule has 4 heteroatoms. The zero-order valence-electron chi connectivity index (χ0n) is 16.9. The normalized spacial score (nSPS) is 17.8. The maximum absolute atomic E-state index is 4.96. The highest BCUT2D eigenvalue weighted by atomic mass is 15.2. The molecule has 0 saturated carbocycles. The quantitative estimate of drug-likeness (QED) is 0.682. The number of piperidine rings is 1. The number of rotatable bonds is 9. The Morgan fingerprint density at radius 3 is 2.69 bits per heavy atom. The van der Waals surface area contributed by atoms with Crippen LogP contribution in [0.2, 0.25) is 0 Å². The molecule has 1 saturated heterocycles. The lowest BCUT2D eigenvalue weighted by Crippen LogP contribution is -2.37. The van der Waals surface area contributed by atoms with Crippen molar-refractivity contribution in [3.63, 3.8) is 0 Å². The second kappa shape index (κ2) is 9.52. The van der Waals surface area contributed by atoms with Crippen molar-refractivity contribution in [1.82, 2.24) is 19.8 Å². The van der Waals surface area contributed by atoms with Gasteiger partial charge in [-0.15, -0.1) is 0 Å². The van der Waals surface area contributed by atoms with Crippen LogP contribution in [0.4, 0.5) is 0 Å². The number of imidazole rings is 1. The molecule has 26 heavy (non-hydrogen) atoms. The fourth-order valence-corrected chi connectivity index (χ4v) is 4.44. The monoisotopic (exact) mass is 356 g/mol. The Kier molecular flexibility index (Phi) is 7.09. The molecule has 0 radical (unpaired) electrons. The number of fused-ring (bicyclic) bond motifs is 1. The number of aromatic nitrogens is 2. The molecule has 2 aromatic rings. The fraction of sp³-hybridized carbons (Fsp3) is 0.682. The molecule has 0 amide bonds. The summed E-state index contributed by atoms with van der Waals surface area (Å²) in [4.78, 5) is 7.64. The number of likely N-dealkylation sites (tertiary alicyclic amines) is 1. The number of nitrogens with one attached hydrogen (secondary N) is 1. The number of benzene rings is 1. The molecule has 0 spiro atoms. The third-order valence-corrected chi connectivity index (χ3v) is 5.72. The Bertz CT molecular complexity index is 670. The molecule has 0 aliphatic carbocycles. The molecule has 1 fully saturated rings. The van der Waals surface area contributed by atoms with Crippen molar-refractivity contribution in [3.05, 3.63) is 30.1 Å². The maximum atomic E-state index is 4.96. The number of para-hydroxylation sites is 2. The lowest BCUT2D eigenvalue weighted by molar-refractivity contribution is 0.163. The number of nitrogens with zero attached hydrogens (tertiary/aromatic N) is 3. The van der Waals surface area contributed by atoms with Gasteiger partial charge in [-0.3, -0.25) is 0 Å². The van der Waals surface area contributed by atoms with E-state index in [-0.39, 0.29) is 0 Å². The molecule has 1 aromatic heterocycles.